The maximum Gasteiger partial charge on any atom is 0.440 e. The third-order valence-corrected chi connectivity index (χ3v) is 3.07. The molecule has 0 aromatic carbocycles. The molecule has 4 nitrogen and oxygen atoms in total. The fourth-order valence-corrected chi connectivity index (χ4v) is 2.13. The summed E-state index contributed by atoms with van der Waals surface area (Å²) in [5.74, 6) is -2.48. The monoisotopic (exact) mass is 279 g/mol. The Morgan fingerprint density at radius 1 is 1.21 bits per heavy atom. The van der Waals surface area contributed by atoms with Crippen LogP contribution < -0.4 is 0 Å². The van der Waals surface area contributed by atoms with Crippen LogP contribution in [0.1, 0.15) is 38.5 Å². The third-order valence-electron chi connectivity index (χ3n) is 3.07. The number of alkyl halides is 3. The SMILES string of the molecule is COC(=O)C(=NC(=O)CC1CCCCC1)C(F)(F)F. The van der Waals surface area contributed by atoms with Gasteiger partial charge in [-0.05, 0) is 18.8 Å². The van der Waals surface area contributed by atoms with Gasteiger partial charge in [-0.1, -0.05) is 19.3 Å². The summed E-state index contributed by atoms with van der Waals surface area (Å²) in [4.78, 5) is 25.3. The molecule has 0 heterocycles. The van der Waals surface area contributed by atoms with Crippen molar-refractivity contribution in [1.29, 1.82) is 0 Å². The average Bonchev–Trinajstić information content (AvgIpc) is 2.35. The van der Waals surface area contributed by atoms with Crippen molar-refractivity contribution in [3.63, 3.8) is 0 Å². The van der Waals surface area contributed by atoms with Gasteiger partial charge in [-0.15, -0.1) is 0 Å². The zero-order valence-corrected chi connectivity index (χ0v) is 10.6. The zero-order valence-electron chi connectivity index (χ0n) is 10.6. The third kappa shape index (κ3) is 5.00. The van der Waals surface area contributed by atoms with Gasteiger partial charge in [0.05, 0.1) is 7.11 Å². The van der Waals surface area contributed by atoms with E-state index >= 15 is 0 Å². The Morgan fingerprint density at radius 3 is 2.26 bits per heavy atom. The molecular weight excluding hydrogens is 263 g/mol. The van der Waals surface area contributed by atoms with Crippen molar-refractivity contribution in [3.05, 3.63) is 0 Å². The number of hydrogen-bond acceptors (Lipinski definition) is 3. The predicted octanol–water partition coefficient (Wildman–Crippen LogP) is 2.66. The van der Waals surface area contributed by atoms with Crippen molar-refractivity contribution < 1.29 is 27.5 Å². The molecule has 0 saturated heterocycles. The lowest BCUT2D eigenvalue weighted by molar-refractivity contribution is -0.137. The Balaban J connectivity index is 2.72. The maximum atomic E-state index is 12.5. The fraction of sp³-hybridized carbons (Fsp3) is 0.750. The highest BCUT2D eigenvalue weighted by molar-refractivity contribution is 6.40. The van der Waals surface area contributed by atoms with Crippen LogP contribution in [0.15, 0.2) is 4.99 Å². The molecule has 0 aliphatic heterocycles. The predicted molar refractivity (Wildman–Crippen MR) is 61.7 cm³/mol. The fourth-order valence-electron chi connectivity index (χ4n) is 2.13. The summed E-state index contributed by atoms with van der Waals surface area (Å²) in [5.41, 5.74) is -1.78. The van der Waals surface area contributed by atoms with Gasteiger partial charge >= 0.3 is 12.1 Å². The van der Waals surface area contributed by atoms with Gasteiger partial charge in [-0.2, -0.15) is 13.2 Å². The number of esters is 1. The first-order valence-electron chi connectivity index (χ1n) is 6.11. The van der Waals surface area contributed by atoms with E-state index in [1.807, 2.05) is 0 Å². The lowest BCUT2D eigenvalue weighted by atomic mass is 9.87. The molecular formula is C12H16F3NO3. The molecule has 0 spiro atoms. The van der Waals surface area contributed by atoms with Crippen LogP contribution in [0.3, 0.4) is 0 Å². The van der Waals surface area contributed by atoms with Crippen LogP contribution in [-0.4, -0.2) is 30.9 Å². The van der Waals surface area contributed by atoms with E-state index in [1.165, 1.54) is 0 Å². The second kappa shape index (κ2) is 6.68. The molecule has 0 aromatic rings. The summed E-state index contributed by atoms with van der Waals surface area (Å²) in [7, 11) is 0.815. The number of ether oxygens (including phenoxy) is 1. The number of halogens is 3. The van der Waals surface area contributed by atoms with Gasteiger partial charge in [0.25, 0.3) is 0 Å². The van der Waals surface area contributed by atoms with E-state index in [-0.39, 0.29) is 12.3 Å². The summed E-state index contributed by atoms with van der Waals surface area (Å²) in [6.45, 7) is 0. The Labute approximate surface area is 109 Å². The minimum absolute atomic E-state index is 0.0451. The number of nitrogens with zero attached hydrogens (tertiary/aromatic N) is 1. The van der Waals surface area contributed by atoms with Crippen molar-refractivity contribution >= 4 is 17.6 Å². The summed E-state index contributed by atoms with van der Waals surface area (Å²) in [6, 6.07) is 0. The quantitative estimate of drug-likeness (QED) is 0.589. The summed E-state index contributed by atoms with van der Waals surface area (Å²) in [6.07, 6.45) is -0.340. The number of methoxy groups -OCH3 is 1. The highest BCUT2D eigenvalue weighted by Crippen LogP contribution is 2.27. The highest BCUT2D eigenvalue weighted by Gasteiger charge is 2.42. The van der Waals surface area contributed by atoms with Crippen molar-refractivity contribution in [1.82, 2.24) is 0 Å². The van der Waals surface area contributed by atoms with Crippen LogP contribution in [0.4, 0.5) is 13.2 Å². The minimum atomic E-state index is -4.98. The molecule has 19 heavy (non-hydrogen) atoms. The van der Waals surface area contributed by atoms with Crippen LogP contribution in [0.25, 0.3) is 0 Å². The number of amides is 1. The molecule has 0 atom stereocenters. The molecule has 1 amide bonds. The van der Waals surface area contributed by atoms with Crippen molar-refractivity contribution in [2.75, 3.05) is 7.11 Å². The van der Waals surface area contributed by atoms with Gasteiger partial charge in [-0.3, -0.25) is 4.79 Å². The highest BCUT2D eigenvalue weighted by atomic mass is 19.4. The smallest absolute Gasteiger partial charge is 0.440 e. The van der Waals surface area contributed by atoms with Gasteiger partial charge in [-0.25, -0.2) is 9.79 Å². The first-order chi connectivity index (χ1) is 8.84. The number of hydrogen-bond donors (Lipinski definition) is 0. The van der Waals surface area contributed by atoms with Crippen LogP contribution >= 0.6 is 0 Å². The molecule has 1 aliphatic carbocycles. The van der Waals surface area contributed by atoms with E-state index < -0.39 is 23.8 Å². The van der Waals surface area contributed by atoms with Crippen LogP contribution in [0.5, 0.6) is 0 Å². The van der Waals surface area contributed by atoms with Crippen LogP contribution in [0, 0.1) is 5.92 Å². The van der Waals surface area contributed by atoms with Gasteiger partial charge in [0, 0.05) is 6.42 Å². The van der Waals surface area contributed by atoms with E-state index in [4.69, 9.17) is 0 Å². The van der Waals surface area contributed by atoms with Crippen molar-refractivity contribution in [2.24, 2.45) is 10.9 Å². The second-order valence-electron chi connectivity index (χ2n) is 4.55. The van der Waals surface area contributed by atoms with E-state index in [9.17, 15) is 22.8 Å². The normalized spacial score (nSPS) is 18.2. The summed E-state index contributed by atoms with van der Waals surface area (Å²) >= 11 is 0. The summed E-state index contributed by atoms with van der Waals surface area (Å²) in [5, 5.41) is 0. The molecule has 1 rings (SSSR count). The number of carbonyl (C=O) groups is 2. The molecule has 108 valence electrons. The van der Waals surface area contributed by atoms with Gasteiger partial charge in [0.1, 0.15) is 0 Å². The molecule has 0 radical (unpaired) electrons. The molecule has 0 bridgehead atoms. The van der Waals surface area contributed by atoms with E-state index in [0.29, 0.717) is 0 Å². The van der Waals surface area contributed by atoms with E-state index in [0.717, 1.165) is 39.2 Å². The largest absolute Gasteiger partial charge is 0.464 e. The van der Waals surface area contributed by atoms with Gasteiger partial charge < -0.3 is 4.74 Å². The maximum absolute atomic E-state index is 12.5. The van der Waals surface area contributed by atoms with Crippen LogP contribution in [0.2, 0.25) is 0 Å². The first kappa shape index (κ1) is 15.7. The number of carbonyl (C=O) groups excluding carboxylic acids is 2. The Bertz CT molecular complexity index is 371. The van der Waals surface area contributed by atoms with Gasteiger partial charge in [0.15, 0.2) is 0 Å². The van der Waals surface area contributed by atoms with Gasteiger partial charge in [0.2, 0.25) is 11.6 Å². The molecule has 1 aliphatic rings. The topological polar surface area (TPSA) is 55.7 Å². The standard InChI is InChI=1S/C12H16F3NO3/c1-19-11(18)10(12(13,14)15)16-9(17)7-8-5-3-2-4-6-8/h8H,2-7H2,1H3. The first-order valence-corrected chi connectivity index (χ1v) is 6.11. The molecule has 0 aromatic heterocycles. The van der Waals surface area contributed by atoms with Crippen molar-refractivity contribution in [2.45, 2.75) is 44.7 Å². The zero-order chi connectivity index (χ0) is 14.5. The molecule has 0 unspecified atom stereocenters. The van der Waals surface area contributed by atoms with Crippen LogP contribution in [-0.2, 0) is 14.3 Å². The Kier molecular flexibility index (Phi) is 5.50. The van der Waals surface area contributed by atoms with Crippen molar-refractivity contribution in [3.8, 4) is 0 Å². The molecule has 1 saturated carbocycles. The minimum Gasteiger partial charge on any atom is -0.464 e. The summed E-state index contributed by atoms with van der Waals surface area (Å²) < 4.78 is 41.5. The molecule has 0 N–H and O–H groups in total. The van der Waals surface area contributed by atoms with E-state index in [2.05, 4.69) is 9.73 Å². The average molecular weight is 279 g/mol. The second-order valence-corrected chi connectivity index (χ2v) is 4.55. The Hall–Kier alpha value is -1.40. The van der Waals surface area contributed by atoms with E-state index in [1.54, 1.807) is 0 Å². The molecule has 1 fully saturated rings. The lowest BCUT2D eigenvalue weighted by Gasteiger charge is -2.19. The number of rotatable bonds is 3. The lowest BCUT2D eigenvalue weighted by Crippen LogP contribution is -2.33. The molecule has 7 heteroatoms. The Morgan fingerprint density at radius 2 is 1.79 bits per heavy atom. The number of aliphatic imine (C=N–C) groups is 1.